The van der Waals surface area contributed by atoms with Crippen molar-refractivity contribution < 1.29 is 9.47 Å². The van der Waals surface area contributed by atoms with Gasteiger partial charge in [0.05, 0.1) is 19.9 Å². The second-order valence-corrected chi connectivity index (χ2v) is 8.93. The number of nitrogens with one attached hydrogen (secondary N) is 2. The van der Waals surface area contributed by atoms with Crippen molar-refractivity contribution >= 4 is 11.8 Å². The van der Waals surface area contributed by atoms with Crippen LogP contribution in [0.4, 0.5) is 11.8 Å². The lowest BCUT2D eigenvalue weighted by Gasteiger charge is -2.35. The van der Waals surface area contributed by atoms with Crippen LogP contribution in [0.25, 0.3) is 0 Å². The maximum Gasteiger partial charge on any atom is 0.227 e. The third kappa shape index (κ3) is 4.93. The van der Waals surface area contributed by atoms with Crippen molar-refractivity contribution in [2.75, 3.05) is 38.5 Å². The predicted octanol–water partition coefficient (Wildman–Crippen LogP) is 3.95. The van der Waals surface area contributed by atoms with E-state index >= 15 is 0 Å². The highest BCUT2D eigenvalue weighted by Gasteiger charge is 2.27. The van der Waals surface area contributed by atoms with E-state index in [0.717, 1.165) is 73.9 Å². The van der Waals surface area contributed by atoms with Gasteiger partial charge in [0.15, 0.2) is 0 Å². The molecule has 2 N–H and O–H groups in total. The minimum absolute atomic E-state index is 0.478. The Hall–Kier alpha value is -2.54. The second-order valence-electron chi connectivity index (χ2n) is 8.93. The van der Waals surface area contributed by atoms with Gasteiger partial charge < -0.3 is 25.0 Å². The molecular formula is C25H37N5O2. The Bertz CT molecular complexity index is 894. The van der Waals surface area contributed by atoms with Crippen LogP contribution < -0.4 is 25.0 Å². The highest BCUT2D eigenvalue weighted by atomic mass is 16.5. The Morgan fingerprint density at radius 2 is 1.81 bits per heavy atom. The summed E-state index contributed by atoms with van der Waals surface area (Å²) in [5.41, 5.74) is 3.69. The summed E-state index contributed by atoms with van der Waals surface area (Å²) in [6, 6.07) is 6.95. The number of rotatable bonds is 8. The predicted molar refractivity (Wildman–Crippen MR) is 129 cm³/mol. The van der Waals surface area contributed by atoms with E-state index in [0.29, 0.717) is 12.1 Å². The van der Waals surface area contributed by atoms with Crippen molar-refractivity contribution in [3.05, 3.63) is 35.0 Å². The molecule has 0 aliphatic heterocycles. The SMILES string of the molecule is CNc1nc(N(C)[C@H]2CC[C@@H](NCc3cc(OC)ccc3OC)CC2)nc2c1CCCC2. The van der Waals surface area contributed by atoms with Crippen molar-refractivity contribution in [3.63, 3.8) is 0 Å². The molecular weight excluding hydrogens is 402 g/mol. The van der Waals surface area contributed by atoms with Gasteiger partial charge in [-0.25, -0.2) is 4.98 Å². The quantitative estimate of drug-likeness (QED) is 0.645. The molecule has 2 aliphatic rings. The van der Waals surface area contributed by atoms with Crippen LogP contribution in [-0.4, -0.2) is 50.4 Å². The highest BCUT2D eigenvalue weighted by Crippen LogP contribution is 2.31. The summed E-state index contributed by atoms with van der Waals surface area (Å²) in [7, 11) is 7.54. The van der Waals surface area contributed by atoms with Crippen LogP contribution in [0.5, 0.6) is 11.5 Å². The lowest BCUT2D eigenvalue weighted by molar-refractivity contribution is 0.331. The van der Waals surface area contributed by atoms with Crippen molar-refractivity contribution in [3.8, 4) is 11.5 Å². The molecule has 4 rings (SSSR count). The summed E-state index contributed by atoms with van der Waals surface area (Å²) < 4.78 is 10.9. The maximum atomic E-state index is 5.52. The van der Waals surface area contributed by atoms with Crippen LogP contribution >= 0.6 is 0 Å². The first-order chi connectivity index (χ1) is 15.6. The van der Waals surface area contributed by atoms with Gasteiger partial charge in [-0.3, -0.25) is 0 Å². The fourth-order valence-electron chi connectivity index (χ4n) is 5.05. The summed E-state index contributed by atoms with van der Waals surface area (Å²) in [6.07, 6.45) is 9.18. The number of hydrogen-bond acceptors (Lipinski definition) is 7. The smallest absolute Gasteiger partial charge is 0.227 e. The van der Waals surface area contributed by atoms with Gasteiger partial charge in [0.1, 0.15) is 17.3 Å². The van der Waals surface area contributed by atoms with E-state index in [9.17, 15) is 0 Å². The van der Waals surface area contributed by atoms with Crippen LogP contribution in [0.3, 0.4) is 0 Å². The lowest BCUT2D eigenvalue weighted by Crippen LogP contribution is -2.41. The molecule has 32 heavy (non-hydrogen) atoms. The fraction of sp³-hybridized carbons (Fsp3) is 0.600. The van der Waals surface area contributed by atoms with Gasteiger partial charge in [0, 0.05) is 43.9 Å². The average molecular weight is 440 g/mol. The van der Waals surface area contributed by atoms with E-state index in [4.69, 9.17) is 19.4 Å². The summed E-state index contributed by atoms with van der Waals surface area (Å²) >= 11 is 0. The Labute approximate surface area is 191 Å². The first kappa shape index (κ1) is 22.6. The third-order valence-electron chi connectivity index (χ3n) is 7.04. The molecule has 174 valence electrons. The first-order valence-electron chi connectivity index (χ1n) is 11.9. The molecule has 7 heteroatoms. The van der Waals surface area contributed by atoms with Gasteiger partial charge in [-0.1, -0.05) is 0 Å². The first-order valence-corrected chi connectivity index (χ1v) is 11.9. The number of anilines is 2. The molecule has 0 bridgehead atoms. The number of hydrogen-bond donors (Lipinski definition) is 2. The van der Waals surface area contributed by atoms with E-state index in [2.05, 4.69) is 28.6 Å². The maximum absolute atomic E-state index is 5.52. The summed E-state index contributed by atoms with van der Waals surface area (Å²) in [6.45, 7) is 0.783. The van der Waals surface area contributed by atoms with E-state index in [1.54, 1.807) is 14.2 Å². The van der Waals surface area contributed by atoms with Gasteiger partial charge in [0.2, 0.25) is 5.95 Å². The summed E-state index contributed by atoms with van der Waals surface area (Å²) in [5, 5.41) is 7.03. The van der Waals surface area contributed by atoms with Crippen molar-refractivity contribution in [1.82, 2.24) is 15.3 Å². The lowest BCUT2D eigenvalue weighted by atomic mass is 9.90. The van der Waals surface area contributed by atoms with Crippen LogP contribution in [-0.2, 0) is 19.4 Å². The largest absolute Gasteiger partial charge is 0.497 e. The molecule has 1 aromatic carbocycles. The Morgan fingerprint density at radius 1 is 1.03 bits per heavy atom. The molecule has 1 aromatic heterocycles. The van der Waals surface area contributed by atoms with Crippen LogP contribution in [0.1, 0.15) is 55.3 Å². The zero-order valence-electron chi connectivity index (χ0n) is 19.9. The standard InChI is InChI=1S/C25H37N5O2/c1-26-24-21-7-5-6-8-22(21)28-25(29-24)30(2)19-11-9-18(10-12-19)27-16-17-15-20(31-3)13-14-23(17)32-4/h13-15,18-19,27H,5-12,16H2,1-4H3,(H,26,28,29)/t18-,19+. The molecule has 7 nitrogen and oxygen atoms in total. The van der Waals surface area contributed by atoms with E-state index in [1.165, 1.54) is 24.1 Å². The number of ether oxygens (including phenoxy) is 2. The number of fused-ring (bicyclic) bond motifs is 1. The number of benzene rings is 1. The summed E-state index contributed by atoms with van der Waals surface area (Å²) in [5.74, 6) is 3.64. The van der Waals surface area contributed by atoms with Crippen LogP contribution in [0.15, 0.2) is 18.2 Å². The fourth-order valence-corrected chi connectivity index (χ4v) is 5.05. The number of nitrogens with zero attached hydrogens (tertiary/aromatic N) is 3. The molecule has 1 heterocycles. The number of aryl methyl sites for hydroxylation is 1. The Balaban J connectivity index is 1.35. The Morgan fingerprint density at radius 3 is 2.53 bits per heavy atom. The van der Waals surface area contributed by atoms with Crippen molar-refractivity contribution in [2.24, 2.45) is 0 Å². The highest BCUT2D eigenvalue weighted by molar-refractivity contribution is 5.52. The molecule has 1 fully saturated rings. The van der Waals surface area contributed by atoms with Gasteiger partial charge in [0.25, 0.3) is 0 Å². The van der Waals surface area contributed by atoms with Crippen LogP contribution in [0, 0.1) is 0 Å². The normalized spacial score (nSPS) is 20.4. The van der Waals surface area contributed by atoms with Crippen molar-refractivity contribution in [2.45, 2.75) is 70.0 Å². The minimum Gasteiger partial charge on any atom is -0.497 e. The summed E-state index contributed by atoms with van der Waals surface area (Å²) in [4.78, 5) is 12.1. The van der Waals surface area contributed by atoms with E-state index < -0.39 is 0 Å². The zero-order chi connectivity index (χ0) is 22.5. The molecule has 0 amide bonds. The molecule has 2 aliphatic carbocycles. The molecule has 0 spiro atoms. The molecule has 0 unspecified atom stereocenters. The number of aromatic nitrogens is 2. The van der Waals surface area contributed by atoms with Gasteiger partial charge in [-0.15, -0.1) is 0 Å². The van der Waals surface area contributed by atoms with E-state index in [1.807, 2.05) is 19.2 Å². The molecule has 0 radical (unpaired) electrons. The zero-order valence-corrected chi connectivity index (χ0v) is 19.9. The third-order valence-corrected chi connectivity index (χ3v) is 7.04. The molecule has 0 saturated heterocycles. The monoisotopic (exact) mass is 439 g/mol. The topological polar surface area (TPSA) is 71.5 Å². The van der Waals surface area contributed by atoms with Crippen molar-refractivity contribution in [1.29, 1.82) is 0 Å². The molecule has 2 aromatic rings. The van der Waals surface area contributed by atoms with Gasteiger partial charge >= 0.3 is 0 Å². The molecule has 0 atom stereocenters. The number of methoxy groups -OCH3 is 2. The van der Waals surface area contributed by atoms with Crippen LogP contribution in [0.2, 0.25) is 0 Å². The Kier molecular flexibility index (Phi) is 7.35. The average Bonchev–Trinajstić information content (AvgIpc) is 2.86. The van der Waals surface area contributed by atoms with E-state index in [-0.39, 0.29) is 0 Å². The second kappa shape index (κ2) is 10.4. The van der Waals surface area contributed by atoms with Gasteiger partial charge in [-0.05, 0) is 69.6 Å². The molecule has 1 saturated carbocycles. The van der Waals surface area contributed by atoms with Gasteiger partial charge in [-0.2, -0.15) is 4.98 Å². The minimum atomic E-state index is 0.478.